The maximum Gasteiger partial charge on any atom is 0.340 e. The summed E-state index contributed by atoms with van der Waals surface area (Å²) >= 11 is 0. The molecule has 8 atom stereocenters. The van der Waals surface area contributed by atoms with E-state index in [-0.39, 0.29) is 57.7 Å². The fourth-order valence-electron chi connectivity index (χ4n) is 9.11. The molecule has 1 spiro atoms. The predicted octanol–water partition coefficient (Wildman–Crippen LogP) is 5.60. The van der Waals surface area contributed by atoms with Crippen molar-refractivity contribution in [2.45, 2.75) is 72.7 Å². The van der Waals surface area contributed by atoms with E-state index < -0.39 is 58.9 Å². The van der Waals surface area contributed by atoms with Crippen LogP contribution in [0.3, 0.4) is 0 Å². The van der Waals surface area contributed by atoms with Gasteiger partial charge in [-0.1, -0.05) is 63.3 Å². The van der Waals surface area contributed by atoms with Gasteiger partial charge in [-0.3, -0.25) is 14.4 Å². The molecule has 4 aliphatic rings. The number of allylic oxidation sites excluding steroid dienone is 2. The number of esters is 3. The smallest absolute Gasteiger partial charge is 0.340 e. The van der Waals surface area contributed by atoms with E-state index in [0.29, 0.717) is 17.6 Å². The summed E-state index contributed by atoms with van der Waals surface area (Å²) in [4.78, 5) is 68.3. The predicted molar refractivity (Wildman–Crippen MR) is 193 cm³/mol. The van der Waals surface area contributed by atoms with Gasteiger partial charge in [0.05, 0.1) is 22.2 Å². The Morgan fingerprint density at radius 2 is 1.65 bits per heavy atom. The first-order valence-electron chi connectivity index (χ1n) is 17.6. The minimum Gasteiger partial charge on any atom is -0.458 e. The van der Waals surface area contributed by atoms with Gasteiger partial charge in [0.25, 0.3) is 5.91 Å². The van der Waals surface area contributed by atoms with E-state index in [2.05, 4.69) is 19.2 Å². The molecule has 0 aromatic heterocycles. The molecule has 2 aromatic carbocycles. The van der Waals surface area contributed by atoms with E-state index in [0.717, 1.165) is 0 Å². The third-order valence-corrected chi connectivity index (χ3v) is 11.9. The number of ether oxygens (including phenoxy) is 3. The summed E-state index contributed by atoms with van der Waals surface area (Å²) in [7, 11) is 0. The van der Waals surface area contributed by atoms with Crippen LogP contribution in [0.1, 0.15) is 75.6 Å². The molecule has 2 aromatic rings. The van der Waals surface area contributed by atoms with Crippen LogP contribution in [0.4, 0.5) is 11.4 Å². The second-order valence-electron chi connectivity index (χ2n) is 15.2. The second kappa shape index (κ2) is 13.2. The molecule has 0 unspecified atom stereocenters. The molecule has 52 heavy (non-hydrogen) atoms. The van der Waals surface area contributed by atoms with Crippen LogP contribution in [0.2, 0.25) is 0 Å². The molecule has 0 heterocycles. The number of hydrogen-bond donors (Lipinski definition) is 3. The van der Waals surface area contributed by atoms with Crippen molar-refractivity contribution in [3.63, 3.8) is 0 Å². The van der Waals surface area contributed by atoms with Gasteiger partial charge in [-0.15, -0.1) is 0 Å². The molecule has 0 radical (unpaired) electrons. The third kappa shape index (κ3) is 5.66. The summed E-state index contributed by atoms with van der Waals surface area (Å²) in [5.41, 5.74) is 3.39. The van der Waals surface area contributed by atoms with Gasteiger partial charge in [0.1, 0.15) is 6.61 Å². The number of aliphatic hydroxyl groups is 1. The first-order valence-corrected chi connectivity index (χ1v) is 17.6. The van der Waals surface area contributed by atoms with Crippen LogP contribution in [-0.4, -0.2) is 59.1 Å². The minimum atomic E-state index is -2.34. The number of ketones is 1. The van der Waals surface area contributed by atoms with Crippen LogP contribution in [-0.2, 0) is 28.6 Å². The summed E-state index contributed by atoms with van der Waals surface area (Å²) in [5, 5.41) is 16.1. The highest BCUT2D eigenvalue weighted by atomic mass is 16.6. The number of rotatable bonds is 8. The lowest BCUT2D eigenvalue weighted by Gasteiger charge is -2.49. The number of fused-ring (bicyclic) bond motifs is 3. The molecule has 4 N–H and O–H groups in total. The molecular formula is C41H46N2O9. The maximum atomic E-state index is 15.1. The van der Waals surface area contributed by atoms with E-state index in [1.165, 1.54) is 19.1 Å². The van der Waals surface area contributed by atoms with Gasteiger partial charge in [-0.05, 0) is 80.2 Å². The maximum absolute atomic E-state index is 15.1. The van der Waals surface area contributed by atoms with E-state index in [1.807, 2.05) is 6.92 Å². The summed E-state index contributed by atoms with van der Waals surface area (Å²) in [6.45, 7) is 11.9. The standard InChI is InChI=1S/C41H46N2O9/c1-8-21(2)37(47)50-20-25-18-28-32-29(39(32,6)7)17-23(4)40(33(28)45)19-22(3)34(41(40,49)35(25)51-24(5)44)52-38(48)27-14-10-12-16-31(27)43-36(46)26-13-9-11-15-30(26)42/h8-16,18-19,23,28-29,32,34-35,49H,17,20,42H2,1-7H3,(H,43,46)/b21-8+/t23-,28+,29-,32+,34+,35-,40+,41-/m1/s1. The molecule has 11 heteroatoms. The first-order chi connectivity index (χ1) is 24.5. The fraction of sp³-hybridized carbons (Fsp3) is 0.439. The molecule has 2 bridgehead atoms. The molecule has 2 fully saturated rings. The topological polar surface area (TPSA) is 171 Å². The Hall–Kier alpha value is -5.03. The SMILES string of the molecule is C/C=C(\C)C(=O)OCC1=C[C@@H]2C(=O)[C@]3(C=C(C)[C@H](OC(=O)c4ccccc4NC(=O)c4ccccc4N)[C@@]3(O)[C@@H]1OC(C)=O)[C@H](C)C[C@@H]1[C@H]2C1(C)C. The lowest BCUT2D eigenvalue weighted by Crippen LogP contribution is -2.66. The monoisotopic (exact) mass is 710 g/mol. The van der Waals surface area contributed by atoms with Crippen molar-refractivity contribution < 1.29 is 43.3 Å². The Morgan fingerprint density at radius 1 is 1.00 bits per heavy atom. The Balaban J connectivity index is 1.44. The fourth-order valence-corrected chi connectivity index (χ4v) is 9.11. The first kappa shape index (κ1) is 36.8. The van der Waals surface area contributed by atoms with Gasteiger partial charge in [0, 0.05) is 29.7 Å². The minimum absolute atomic E-state index is 0.0204. The average molecular weight is 711 g/mol. The quantitative estimate of drug-likeness (QED) is 0.103. The number of benzene rings is 2. The van der Waals surface area contributed by atoms with Gasteiger partial charge < -0.3 is 30.4 Å². The molecule has 11 nitrogen and oxygen atoms in total. The normalized spacial score (nSPS) is 31.4. The second-order valence-corrected chi connectivity index (χ2v) is 15.2. The lowest BCUT2D eigenvalue weighted by atomic mass is 9.59. The molecule has 274 valence electrons. The van der Waals surface area contributed by atoms with Crippen LogP contribution >= 0.6 is 0 Å². The number of Topliss-reactive ketones (excluding diaryl/α,β-unsaturated/α-hetero) is 1. The largest absolute Gasteiger partial charge is 0.458 e. The third-order valence-electron chi connectivity index (χ3n) is 11.9. The molecule has 0 aliphatic heterocycles. The Morgan fingerprint density at radius 3 is 2.31 bits per heavy atom. The molecular weight excluding hydrogens is 664 g/mol. The number of anilines is 2. The summed E-state index contributed by atoms with van der Waals surface area (Å²) in [6, 6.07) is 12.7. The van der Waals surface area contributed by atoms with Crippen LogP contribution in [0.25, 0.3) is 0 Å². The number of nitrogen functional groups attached to an aromatic ring is 1. The zero-order valence-electron chi connectivity index (χ0n) is 30.5. The molecule has 2 saturated carbocycles. The van der Waals surface area contributed by atoms with Gasteiger partial charge in [-0.25, -0.2) is 9.59 Å². The average Bonchev–Trinajstić information content (AvgIpc) is 3.59. The number of hydrogen-bond acceptors (Lipinski definition) is 10. The molecule has 1 amide bonds. The number of nitrogens with two attached hydrogens (primary N) is 1. The number of para-hydroxylation sites is 2. The Bertz CT molecular complexity index is 1960. The van der Waals surface area contributed by atoms with E-state index in [4.69, 9.17) is 19.9 Å². The van der Waals surface area contributed by atoms with E-state index >= 15 is 4.79 Å². The van der Waals surface area contributed by atoms with Crippen LogP contribution < -0.4 is 11.1 Å². The van der Waals surface area contributed by atoms with Crippen molar-refractivity contribution in [2.24, 2.45) is 34.5 Å². The highest BCUT2D eigenvalue weighted by Crippen LogP contribution is 2.72. The van der Waals surface area contributed by atoms with Crippen molar-refractivity contribution in [1.29, 1.82) is 0 Å². The molecule has 6 rings (SSSR count). The van der Waals surface area contributed by atoms with Crippen molar-refractivity contribution >= 4 is 41.0 Å². The van der Waals surface area contributed by atoms with Crippen LogP contribution in [0.15, 0.2) is 83.5 Å². The van der Waals surface area contributed by atoms with Crippen molar-refractivity contribution in [3.8, 4) is 0 Å². The van der Waals surface area contributed by atoms with E-state index in [1.54, 1.807) is 75.4 Å². The van der Waals surface area contributed by atoms with Gasteiger partial charge in [0.2, 0.25) is 0 Å². The highest BCUT2D eigenvalue weighted by Gasteiger charge is 2.77. The molecule has 4 aliphatic carbocycles. The van der Waals surface area contributed by atoms with Crippen molar-refractivity contribution in [3.05, 3.63) is 94.6 Å². The van der Waals surface area contributed by atoms with Gasteiger partial charge in [-0.2, -0.15) is 0 Å². The summed E-state index contributed by atoms with van der Waals surface area (Å²) in [6.07, 6.45) is 2.57. The van der Waals surface area contributed by atoms with Crippen LogP contribution in [0.5, 0.6) is 0 Å². The summed E-state index contributed by atoms with van der Waals surface area (Å²) < 4.78 is 17.8. The molecule has 0 saturated heterocycles. The number of nitrogens with one attached hydrogen (secondary N) is 1. The zero-order valence-corrected chi connectivity index (χ0v) is 30.5. The Kier molecular flexibility index (Phi) is 9.32. The van der Waals surface area contributed by atoms with Crippen molar-refractivity contribution in [2.75, 3.05) is 17.7 Å². The van der Waals surface area contributed by atoms with Crippen molar-refractivity contribution in [1.82, 2.24) is 0 Å². The number of carbonyl (C=O) groups is 5. The highest BCUT2D eigenvalue weighted by molar-refractivity contribution is 6.10. The Labute approximate surface area is 303 Å². The lowest BCUT2D eigenvalue weighted by molar-refractivity contribution is -0.203. The number of carbonyl (C=O) groups excluding carboxylic acids is 5. The van der Waals surface area contributed by atoms with Gasteiger partial charge in [0.15, 0.2) is 23.6 Å². The number of amides is 1. The van der Waals surface area contributed by atoms with E-state index in [9.17, 15) is 24.3 Å². The summed E-state index contributed by atoms with van der Waals surface area (Å²) in [5.74, 6) is -4.17. The van der Waals surface area contributed by atoms with Crippen LogP contribution in [0, 0.1) is 34.5 Å². The zero-order chi connectivity index (χ0) is 37.9. The van der Waals surface area contributed by atoms with Gasteiger partial charge >= 0.3 is 17.9 Å².